The monoisotopic (exact) mass is 352 g/mol. The van der Waals surface area contributed by atoms with Crippen molar-refractivity contribution < 1.29 is 65.8 Å². The molecule has 0 aliphatic rings. The number of rotatable bonds is 0. The van der Waals surface area contributed by atoms with Crippen LogP contribution in [0.4, 0.5) is 0 Å². The van der Waals surface area contributed by atoms with Crippen LogP contribution in [0.2, 0.25) is 0 Å². The van der Waals surface area contributed by atoms with Gasteiger partial charge in [0.25, 0.3) is 0 Å². The van der Waals surface area contributed by atoms with Crippen molar-refractivity contribution in [2.24, 2.45) is 0 Å². The van der Waals surface area contributed by atoms with Gasteiger partial charge < -0.3 is 39.6 Å². The zero-order valence-corrected chi connectivity index (χ0v) is 12.2. The van der Waals surface area contributed by atoms with Crippen LogP contribution in [0.3, 0.4) is 0 Å². The molecule has 0 radical (unpaired) electrons. The molecule has 0 aromatic carbocycles. The molecule has 0 amide bonds. The minimum absolute atomic E-state index is 0. The molecule has 0 aliphatic heterocycles. The smallest absolute Gasteiger partial charge is 0.550 e. The van der Waals surface area contributed by atoms with Crippen LogP contribution in [0, 0.1) is 0 Å². The van der Waals surface area contributed by atoms with Crippen LogP contribution in [0.25, 0.3) is 0 Å². The second-order valence-electron chi connectivity index (χ2n) is 1.97. The Bertz CT molecular complexity index is 167. The number of carbonyl (C=O) groups excluding carboxylic acids is 4. The molecule has 0 unspecified atom stereocenters. The van der Waals surface area contributed by atoms with Gasteiger partial charge in [0.05, 0.1) is 0 Å². The molecule has 0 bridgehead atoms. The molecule has 0 saturated heterocycles. The van der Waals surface area contributed by atoms with Gasteiger partial charge in [-0.15, -0.1) is 0 Å². The van der Waals surface area contributed by atoms with Gasteiger partial charge >= 0.3 is 49.3 Å². The van der Waals surface area contributed by atoms with Gasteiger partial charge in [0.2, 0.25) is 0 Å². The summed E-state index contributed by atoms with van der Waals surface area (Å²) in [5.74, 6) is -4.33. The van der Waals surface area contributed by atoms with Gasteiger partial charge in [0, 0.05) is 23.9 Å². The number of hydrogen-bond donors (Lipinski definition) is 0. The minimum Gasteiger partial charge on any atom is -0.550 e. The predicted octanol–water partition coefficient (Wildman–Crippen LogP) is -5.89. The van der Waals surface area contributed by atoms with E-state index in [1.54, 1.807) is 0 Å². The summed E-state index contributed by atoms with van der Waals surface area (Å²) in [6.45, 7) is 3.89. The molecule has 8 nitrogen and oxygen atoms in total. The number of carboxylic acid groups (broad SMARTS) is 4. The van der Waals surface area contributed by atoms with E-state index in [0.29, 0.717) is 0 Å². The van der Waals surface area contributed by atoms with Crippen molar-refractivity contribution in [1.82, 2.24) is 0 Å². The van der Waals surface area contributed by atoms with Gasteiger partial charge in [0.1, 0.15) is 0 Å². The number of hydrogen-bond acceptors (Lipinski definition) is 8. The predicted molar refractivity (Wildman–Crippen MR) is 51.3 cm³/mol. The molecule has 0 rings (SSSR count). The fraction of sp³-hybridized carbons (Fsp3) is 0.500. The second kappa shape index (κ2) is 30.0. The third-order valence-electron chi connectivity index (χ3n) is 0. The van der Waals surface area contributed by atoms with E-state index < -0.39 is 23.9 Å². The molecule has 10 heteroatoms. The van der Waals surface area contributed by atoms with E-state index in [0.717, 1.165) is 27.7 Å². The summed E-state index contributed by atoms with van der Waals surface area (Å²) in [6, 6.07) is 0. The minimum atomic E-state index is -1.08. The van der Waals surface area contributed by atoms with Crippen LogP contribution < -0.4 is 20.4 Å². The van der Waals surface area contributed by atoms with Gasteiger partial charge in [-0.2, -0.15) is 0 Å². The summed E-state index contributed by atoms with van der Waals surface area (Å²) >= 11 is 0. The van der Waals surface area contributed by atoms with Crippen molar-refractivity contribution in [3.63, 3.8) is 0 Å². The van der Waals surface area contributed by atoms with Gasteiger partial charge in [0.15, 0.2) is 0 Å². The van der Waals surface area contributed by atoms with E-state index in [1.165, 1.54) is 0 Å². The molecule has 0 heterocycles. The standard InChI is InChI=1S/4C2H4O2.Mg.Zr.2H/c4*1-2(3)4;;;;/h4*1H3,(H,3,4);;;;/q;;;;;+4;;/p-4. The average Bonchev–Trinajstić information content (AvgIpc) is 1.76. The van der Waals surface area contributed by atoms with E-state index >= 15 is 0 Å². The largest absolute Gasteiger partial charge is 4.00 e. The first kappa shape index (κ1) is 36.0. The Hall–Kier alpha value is -0.471. The molecule has 0 saturated carbocycles. The maximum absolute atomic E-state index is 8.89. The van der Waals surface area contributed by atoms with Crippen molar-refractivity contribution in [2.75, 3.05) is 0 Å². The second-order valence-corrected chi connectivity index (χ2v) is 1.97. The average molecular weight is 354 g/mol. The Labute approximate surface area is 140 Å². The SMILES string of the molecule is CC(=O)[O-].CC(=O)[O-].CC(=O)[O-].CC(=O)[O-].[MgH2].[Zr+4]. The van der Waals surface area contributed by atoms with Crippen molar-refractivity contribution in [3.05, 3.63) is 0 Å². The maximum Gasteiger partial charge on any atom is 4.00 e. The van der Waals surface area contributed by atoms with E-state index in [9.17, 15) is 0 Å². The quantitative estimate of drug-likeness (QED) is 0.389. The van der Waals surface area contributed by atoms with Crippen LogP contribution in [0.1, 0.15) is 27.7 Å². The molecule has 0 aromatic heterocycles. The molecule has 0 aliphatic carbocycles. The summed E-state index contributed by atoms with van der Waals surface area (Å²) < 4.78 is 0. The van der Waals surface area contributed by atoms with Crippen LogP contribution in [0.5, 0.6) is 0 Å². The van der Waals surface area contributed by atoms with E-state index in [4.69, 9.17) is 39.6 Å². The summed E-state index contributed by atoms with van der Waals surface area (Å²) in [5, 5.41) is 35.6. The molecule has 0 N–H and O–H groups in total. The third kappa shape index (κ3) is 14800. The first-order chi connectivity index (χ1) is 6.93. The Morgan fingerprint density at radius 1 is 0.556 bits per heavy atom. The molecule has 0 spiro atoms. The molecular weight excluding hydrogens is 340 g/mol. The summed E-state index contributed by atoms with van der Waals surface area (Å²) in [7, 11) is 0. The van der Waals surface area contributed by atoms with Crippen LogP contribution >= 0.6 is 0 Å². The Balaban J connectivity index is -0.0000000257. The van der Waals surface area contributed by atoms with E-state index in [-0.39, 0.29) is 49.3 Å². The van der Waals surface area contributed by atoms with Crippen molar-refractivity contribution in [3.8, 4) is 0 Å². The summed E-state index contributed by atoms with van der Waals surface area (Å²) in [4.78, 5) is 35.6. The fourth-order valence-corrected chi connectivity index (χ4v) is 0. The molecule has 18 heavy (non-hydrogen) atoms. The Morgan fingerprint density at radius 3 is 0.556 bits per heavy atom. The topological polar surface area (TPSA) is 161 Å². The molecule has 0 aromatic rings. The van der Waals surface area contributed by atoms with Gasteiger partial charge in [-0.25, -0.2) is 0 Å². The van der Waals surface area contributed by atoms with E-state index in [1.807, 2.05) is 0 Å². The first-order valence-electron chi connectivity index (χ1n) is 3.63. The number of aliphatic carboxylic acids is 4. The molecule has 100 valence electrons. The Morgan fingerprint density at radius 2 is 0.556 bits per heavy atom. The molecule has 0 fully saturated rings. The number of carbonyl (C=O) groups is 4. The Kier molecular flexibility index (Phi) is 60.0. The maximum atomic E-state index is 8.89. The fourth-order valence-electron chi connectivity index (χ4n) is 0. The van der Waals surface area contributed by atoms with Crippen molar-refractivity contribution in [2.45, 2.75) is 27.7 Å². The van der Waals surface area contributed by atoms with Gasteiger partial charge in [-0.05, 0) is 27.7 Å². The summed E-state index contributed by atoms with van der Waals surface area (Å²) in [6.07, 6.45) is 0. The number of carboxylic acids is 4. The van der Waals surface area contributed by atoms with Crippen molar-refractivity contribution >= 4 is 46.9 Å². The zero-order chi connectivity index (χ0) is 14.3. The normalized spacial score (nSPS) is 5.56. The molecule has 0 atom stereocenters. The zero-order valence-electron chi connectivity index (χ0n) is 9.77. The van der Waals surface area contributed by atoms with Crippen LogP contribution in [0.15, 0.2) is 0 Å². The van der Waals surface area contributed by atoms with Crippen molar-refractivity contribution in [1.29, 1.82) is 0 Å². The summed E-state index contributed by atoms with van der Waals surface area (Å²) in [5.41, 5.74) is 0. The van der Waals surface area contributed by atoms with E-state index in [2.05, 4.69) is 0 Å². The van der Waals surface area contributed by atoms with Crippen LogP contribution in [-0.2, 0) is 45.4 Å². The van der Waals surface area contributed by atoms with Gasteiger partial charge in [-0.3, -0.25) is 0 Å². The molecular formula is C8H14MgO8Zr. The van der Waals surface area contributed by atoms with Crippen LogP contribution in [-0.4, -0.2) is 46.9 Å². The third-order valence-corrected chi connectivity index (χ3v) is 0. The van der Waals surface area contributed by atoms with Gasteiger partial charge in [-0.1, -0.05) is 0 Å². The first-order valence-corrected chi connectivity index (χ1v) is 3.63.